The van der Waals surface area contributed by atoms with Crippen LogP contribution in [0.2, 0.25) is 0 Å². The molecule has 19 heavy (non-hydrogen) atoms. The van der Waals surface area contributed by atoms with E-state index < -0.39 is 0 Å². The third-order valence-electron chi connectivity index (χ3n) is 3.17. The molecule has 2 aromatic carbocycles. The summed E-state index contributed by atoms with van der Waals surface area (Å²) >= 11 is 1.69. The molecule has 0 saturated heterocycles. The van der Waals surface area contributed by atoms with Gasteiger partial charge in [-0.3, -0.25) is 4.79 Å². The molecule has 3 nitrogen and oxygen atoms in total. The van der Waals surface area contributed by atoms with Gasteiger partial charge in [0.2, 0.25) is 5.91 Å². The highest BCUT2D eigenvalue weighted by Crippen LogP contribution is 2.19. The lowest BCUT2D eigenvalue weighted by atomic mass is 9.66. The van der Waals surface area contributed by atoms with Crippen LogP contribution in [0, 0.1) is 0 Å². The van der Waals surface area contributed by atoms with Gasteiger partial charge in [0.25, 0.3) is 0 Å². The Bertz CT molecular complexity index is 632. The van der Waals surface area contributed by atoms with Gasteiger partial charge in [0.1, 0.15) is 0 Å². The third kappa shape index (κ3) is 2.33. The minimum absolute atomic E-state index is 0.0334. The van der Waals surface area contributed by atoms with Crippen molar-refractivity contribution < 1.29 is 4.79 Å². The van der Waals surface area contributed by atoms with E-state index in [1.807, 2.05) is 42.7 Å². The highest BCUT2D eigenvalue weighted by atomic mass is 32.2. The van der Waals surface area contributed by atoms with Gasteiger partial charge in [0.15, 0.2) is 0 Å². The van der Waals surface area contributed by atoms with E-state index in [4.69, 9.17) is 0 Å². The SMILES string of the molecule is CSc1cccc(B2NC(=O)c3ccccc3N2)c1. The van der Waals surface area contributed by atoms with E-state index >= 15 is 0 Å². The van der Waals surface area contributed by atoms with Crippen molar-refractivity contribution in [2.75, 3.05) is 11.5 Å². The number of hydrogen-bond acceptors (Lipinski definition) is 3. The molecule has 1 amide bonds. The quantitative estimate of drug-likeness (QED) is 0.646. The van der Waals surface area contributed by atoms with Gasteiger partial charge in [0, 0.05) is 10.6 Å². The smallest absolute Gasteiger partial charge is 0.405 e. The summed E-state index contributed by atoms with van der Waals surface area (Å²) in [6.07, 6.45) is 2.04. The number of benzene rings is 2. The molecule has 0 atom stereocenters. The van der Waals surface area contributed by atoms with Crippen molar-refractivity contribution in [1.29, 1.82) is 0 Å². The van der Waals surface area contributed by atoms with E-state index in [0.717, 1.165) is 11.2 Å². The molecule has 0 radical (unpaired) electrons. The number of fused-ring (bicyclic) bond motifs is 1. The van der Waals surface area contributed by atoms with Crippen molar-refractivity contribution in [3.05, 3.63) is 54.1 Å². The van der Waals surface area contributed by atoms with Crippen LogP contribution < -0.4 is 15.9 Å². The fourth-order valence-corrected chi connectivity index (χ4v) is 2.66. The highest BCUT2D eigenvalue weighted by molar-refractivity contribution is 7.98. The Morgan fingerprint density at radius 1 is 1.05 bits per heavy atom. The second-order valence-electron chi connectivity index (χ2n) is 4.37. The van der Waals surface area contributed by atoms with E-state index in [2.05, 4.69) is 22.6 Å². The molecule has 5 heteroatoms. The van der Waals surface area contributed by atoms with Gasteiger partial charge in [-0.25, -0.2) is 0 Å². The summed E-state index contributed by atoms with van der Waals surface area (Å²) in [6, 6.07) is 15.7. The van der Waals surface area contributed by atoms with E-state index in [0.29, 0.717) is 5.56 Å². The fourth-order valence-electron chi connectivity index (χ4n) is 2.20. The minimum Gasteiger partial charge on any atom is -0.405 e. The molecule has 0 aromatic heterocycles. The summed E-state index contributed by atoms with van der Waals surface area (Å²) in [6.45, 7) is -0.172. The predicted molar refractivity (Wildman–Crippen MR) is 81.1 cm³/mol. The number of nitrogens with one attached hydrogen (secondary N) is 2. The second-order valence-corrected chi connectivity index (χ2v) is 5.25. The number of para-hydroxylation sites is 1. The summed E-state index contributed by atoms with van der Waals surface area (Å²) in [5.41, 5.74) is 2.64. The molecule has 0 aliphatic carbocycles. The van der Waals surface area contributed by atoms with Crippen molar-refractivity contribution in [2.24, 2.45) is 0 Å². The average Bonchev–Trinajstić information content (AvgIpc) is 2.47. The van der Waals surface area contributed by atoms with E-state index in [9.17, 15) is 4.79 Å². The normalized spacial score (nSPS) is 13.5. The fraction of sp³-hybridized carbons (Fsp3) is 0.0714. The third-order valence-corrected chi connectivity index (χ3v) is 3.90. The zero-order valence-corrected chi connectivity index (χ0v) is 11.3. The number of hydrogen-bond donors (Lipinski definition) is 2. The maximum Gasteiger partial charge on any atom is 0.408 e. The van der Waals surface area contributed by atoms with Crippen LogP contribution in [-0.2, 0) is 0 Å². The lowest BCUT2D eigenvalue weighted by molar-refractivity contribution is 0.0979. The van der Waals surface area contributed by atoms with Crippen molar-refractivity contribution in [1.82, 2.24) is 5.23 Å². The van der Waals surface area contributed by atoms with E-state index in [1.54, 1.807) is 11.8 Å². The molecule has 0 spiro atoms. The molecule has 1 heterocycles. The van der Waals surface area contributed by atoms with Crippen LogP contribution in [0.15, 0.2) is 53.4 Å². The largest absolute Gasteiger partial charge is 0.408 e. The summed E-state index contributed by atoms with van der Waals surface area (Å²) in [7, 11) is 0. The first-order valence-corrected chi connectivity index (χ1v) is 7.31. The minimum atomic E-state index is -0.172. The molecule has 1 aliphatic rings. The van der Waals surface area contributed by atoms with Crippen LogP contribution in [0.25, 0.3) is 0 Å². The van der Waals surface area contributed by atoms with Gasteiger partial charge in [-0.1, -0.05) is 30.3 Å². The van der Waals surface area contributed by atoms with Crippen LogP contribution in [0.3, 0.4) is 0 Å². The first kappa shape index (κ1) is 12.2. The van der Waals surface area contributed by atoms with Crippen molar-refractivity contribution in [3.63, 3.8) is 0 Å². The Labute approximate surface area is 116 Å². The van der Waals surface area contributed by atoms with E-state index in [-0.39, 0.29) is 12.9 Å². The monoisotopic (exact) mass is 268 g/mol. The lowest BCUT2D eigenvalue weighted by Crippen LogP contribution is -2.56. The molecule has 1 aliphatic heterocycles. The standard InChI is InChI=1S/C14H13BN2OS/c1-19-11-6-4-5-10(9-11)15-16-13-8-3-2-7-12(13)14(18)17-15/h2-9,16H,1H3,(H,17,18). The number of carbonyl (C=O) groups excluding carboxylic acids is 1. The lowest BCUT2D eigenvalue weighted by Gasteiger charge is -2.25. The summed E-state index contributed by atoms with van der Waals surface area (Å²) in [5.74, 6) is -0.0334. The number of amides is 1. The van der Waals surface area contributed by atoms with Crippen LogP contribution in [-0.4, -0.2) is 19.1 Å². The Morgan fingerprint density at radius 2 is 1.89 bits per heavy atom. The molecule has 3 rings (SSSR count). The highest BCUT2D eigenvalue weighted by Gasteiger charge is 2.28. The van der Waals surface area contributed by atoms with Gasteiger partial charge in [-0.15, -0.1) is 11.8 Å². The summed E-state index contributed by atoms with van der Waals surface area (Å²) < 4.78 is 0. The molecule has 2 aromatic rings. The molecular weight excluding hydrogens is 255 g/mol. The van der Waals surface area contributed by atoms with Crippen LogP contribution >= 0.6 is 11.8 Å². The maximum atomic E-state index is 12.1. The molecular formula is C14H13BN2OS. The maximum absolute atomic E-state index is 12.1. The average molecular weight is 268 g/mol. The van der Waals surface area contributed by atoms with Crippen LogP contribution in [0.1, 0.15) is 10.4 Å². The first-order valence-electron chi connectivity index (χ1n) is 6.08. The van der Waals surface area contributed by atoms with Gasteiger partial charge < -0.3 is 10.5 Å². The molecule has 0 bridgehead atoms. The number of thioether (sulfide) groups is 1. The van der Waals surface area contributed by atoms with Gasteiger partial charge in [0.05, 0.1) is 5.56 Å². The first-order chi connectivity index (χ1) is 9.28. The van der Waals surface area contributed by atoms with Crippen molar-refractivity contribution in [2.45, 2.75) is 4.90 Å². The molecule has 0 fully saturated rings. The van der Waals surface area contributed by atoms with Crippen LogP contribution in [0.4, 0.5) is 5.69 Å². The molecule has 0 saturated carbocycles. The Morgan fingerprint density at radius 3 is 2.74 bits per heavy atom. The Kier molecular flexibility index (Phi) is 3.21. The molecule has 2 N–H and O–H groups in total. The number of anilines is 1. The second kappa shape index (κ2) is 5.01. The number of carbonyl (C=O) groups is 1. The van der Waals surface area contributed by atoms with Crippen molar-refractivity contribution in [3.8, 4) is 0 Å². The van der Waals surface area contributed by atoms with Crippen molar-refractivity contribution >= 4 is 35.8 Å². The number of rotatable bonds is 2. The van der Waals surface area contributed by atoms with E-state index in [1.165, 1.54) is 4.90 Å². The zero-order chi connectivity index (χ0) is 13.2. The van der Waals surface area contributed by atoms with Gasteiger partial charge in [-0.2, -0.15) is 0 Å². The molecule has 0 unspecified atom stereocenters. The predicted octanol–water partition coefficient (Wildman–Crippen LogP) is 1.96. The topological polar surface area (TPSA) is 41.1 Å². The molecule has 94 valence electrons. The van der Waals surface area contributed by atoms with Gasteiger partial charge in [-0.05, 0) is 29.9 Å². The van der Waals surface area contributed by atoms with Crippen LogP contribution in [0.5, 0.6) is 0 Å². The zero-order valence-electron chi connectivity index (χ0n) is 10.5. The Balaban J connectivity index is 1.94. The Hall–Kier alpha value is -1.88. The summed E-state index contributed by atoms with van der Waals surface area (Å²) in [4.78, 5) is 13.3. The van der Waals surface area contributed by atoms with Gasteiger partial charge >= 0.3 is 6.98 Å². The summed E-state index contributed by atoms with van der Waals surface area (Å²) in [5, 5.41) is 6.33.